The van der Waals surface area contributed by atoms with Gasteiger partial charge in [-0.2, -0.15) is 0 Å². The van der Waals surface area contributed by atoms with Crippen LogP contribution in [0.25, 0.3) is 10.9 Å². The molecule has 1 heterocycles. The number of fused-ring (bicyclic) bond motifs is 1. The van der Waals surface area contributed by atoms with E-state index in [1.54, 1.807) is 19.3 Å². The summed E-state index contributed by atoms with van der Waals surface area (Å²) in [6.45, 7) is 0. The summed E-state index contributed by atoms with van der Waals surface area (Å²) in [7, 11) is 1.63. The highest BCUT2D eigenvalue weighted by Gasteiger charge is 2.19. The minimum absolute atomic E-state index is 0.688. The Hall–Kier alpha value is -1.94. The van der Waals surface area contributed by atoms with Crippen molar-refractivity contribution in [3.63, 3.8) is 0 Å². The number of nitrogens with zero attached hydrogens (tertiary/aromatic N) is 1. The van der Waals surface area contributed by atoms with Crippen LogP contribution in [0.5, 0.6) is 0 Å². The molecular formula is C12H12N2O2. The zero-order valence-electron chi connectivity index (χ0n) is 8.84. The second-order valence-electron chi connectivity index (χ2n) is 3.48. The largest absolute Gasteiger partial charge is 0.480 e. The van der Waals surface area contributed by atoms with E-state index in [0.29, 0.717) is 5.56 Å². The van der Waals surface area contributed by atoms with Gasteiger partial charge in [0.1, 0.15) is 6.04 Å². The van der Waals surface area contributed by atoms with Gasteiger partial charge in [0.25, 0.3) is 0 Å². The number of aromatic nitrogens is 1. The number of carboxylic acids is 1. The first-order valence-electron chi connectivity index (χ1n) is 4.97. The smallest absolute Gasteiger partial charge is 0.325 e. The summed E-state index contributed by atoms with van der Waals surface area (Å²) in [4.78, 5) is 15.3. The lowest BCUT2D eigenvalue weighted by molar-refractivity contribution is -0.139. The number of carbonyl (C=O) groups is 1. The molecule has 2 aromatic rings. The Morgan fingerprint density at radius 2 is 2.12 bits per heavy atom. The molecule has 16 heavy (non-hydrogen) atoms. The molecule has 0 aliphatic heterocycles. The van der Waals surface area contributed by atoms with E-state index < -0.39 is 12.0 Å². The van der Waals surface area contributed by atoms with Gasteiger partial charge in [0.15, 0.2) is 0 Å². The number of nitrogens with one attached hydrogen (secondary N) is 1. The third-order valence-corrected chi connectivity index (χ3v) is 2.51. The first-order chi connectivity index (χ1) is 7.74. The number of para-hydroxylation sites is 1. The molecule has 1 aromatic carbocycles. The number of rotatable bonds is 3. The molecule has 0 saturated heterocycles. The molecule has 2 rings (SSSR count). The molecule has 0 radical (unpaired) electrons. The highest BCUT2D eigenvalue weighted by Crippen LogP contribution is 2.22. The van der Waals surface area contributed by atoms with Gasteiger partial charge in [-0.05, 0) is 13.1 Å². The average Bonchev–Trinajstić information content (AvgIpc) is 2.30. The van der Waals surface area contributed by atoms with Crippen molar-refractivity contribution in [1.29, 1.82) is 0 Å². The van der Waals surface area contributed by atoms with Crippen molar-refractivity contribution >= 4 is 16.9 Å². The Kier molecular flexibility index (Phi) is 2.83. The number of carboxylic acid groups (broad SMARTS) is 1. The van der Waals surface area contributed by atoms with E-state index in [2.05, 4.69) is 10.3 Å². The van der Waals surface area contributed by atoms with Crippen molar-refractivity contribution in [1.82, 2.24) is 10.3 Å². The maximum atomic E-state index is 11.1. The number of pyridine rings is 1. The predicted octanol–water partition coefficient (Wildman–Crippen LogP) is 1.58. The molecule has 1 aromatic heterocycles. The van der Waals surface area contributed by atoms with Gasteiger partial charge in [-0.3, -0.25) is 9.78 Å². The van der Waals surface area contributed by atoms with Gasteiger partial charge in [-0.15, -0.1) is 0 Å². The van der Waals surface area contributed by atoms with Crippen LogP contribution in [-0.4, -0.2) is 23.1 Å². The van der Waals surface area contributed by atoms with Gasteiger partial charge in [0, 0.05) is 17.1 Å². The standard InChI is InChI=1S/C12H12N2O2/c1-13-11(12(15)16)9-6-2-4-8-5-3-7-14-10(8)9/h2-7,11,13H,1H3,(H,15,16). The summed E-state index contributed by atoms with van der Waals surface area (Å²) in [6.07, 6.45) is 1.67. The Labute approximate surface area is 92.9 Å². The van der Waals surface area contributed by atoms with E-state index in [9.17, 15) is 4.79 Å². The quantitative estimate of drug-likeness (QED) is 0.817. The fraction of sp³-hybridized carbons (Fsp3) is 0.167. The van der Waals surface area contributed by atoms with Crippen LogP contribution in [0.15, 0.2) is 36.5 Å². The number of likely N-dealkylation sites (N-methyl/N-ethyl adjacent to an activating group) is 1. The van der Waals surface area contributed by atoms with Crippen molar-refractivity contribution in [3.05, 3.63) is 42.1 Å². The lowest BCUT2D eigenvalue weighted by atomic mass is 10.0. The van der Waals surface area contributed by atoms with Crippen LogP contribution in [0.3, 0.4) is 0 Å². The molecule has 4 nitrogen and oxygen atoms in total. The molecule has 0 fully saturated rings. The second-order valence-corrected chi connectivity index (χ2v) is 3.48. The van der Waals surface area contributed by atoms with Crippen molar-refractivity contribution in [3.8, 4) is 0 Å². The van der Waals surface area contributed by atoms with E-state index in [1.165, 1.54) is 0 Å². The molecule has 82 valence electrons. The van der Waals surface area contributed by atoms with Gasteiger partial charge in [-0.25, -0.2) is 0 Å². The van der Waals surface area contributed by atoms with Crippen molar-refractivity contribution in [2.75, 3.05) is 7.05 Å². The number of hydrogen-bond acceptors (Lipinski definition) is 3. The van der Waals surface area contributed by atoms with Crippen molar-refractivity contribution in [2.45, 2.75) is 6.04 Å². The van der Waals surface area contributed by atoms with Gasteiger partial charge in [-0.1, -0.05) is 24.3 Å². The molecule has 0 amide bonds. The van der Waals surface area contributed by atoms with Gasteiger partial charge >= 0.3 is 5.97 Å². The van der Waals surface area contributed by atoms with Crippen LogP contribution in [0.4, 0.5) is 0 Å². The molecule has 0 aliphatic carbocycles. The Bertz CT molecular complexity index is 520. The van der Waals surface area contributed by atoms with E-state index in [-0.39, 0.29) is 0 Å². The minimum atomic E-state index is -0.902. The maximum Gasteiger partial charge on any atom is 0.325 e. The zero-order valence-corrected chi connectivity index (χ0v) is 8.84. The molecule has 4 heteroatoms. The van der Waals surface area contributed by atoms with Crippen LogP contribution in [-0.2, 0) is 4.79 Å². The number of hydrogen-bond donors (Lipinski definition) is 2. The lowest BCUT2D eigenvalue weighted by Crippen LogP contribution is -2.25. The van der Waals surface area contributed by atoms with Crippen LogP contribution >= 0.6 is 0 Å². The summed E-state index contributed by atoms with van der Waals surface area (Å²) < 4.78 is 0. The average molecular weight is 216 g/mol. The van der Waals surface area contributed by atoms with E-state index in [4.69, 9.17) is 5.11 Å². The highest BCUT2D eigenvalue weighted by molar-refractivity contribution is 5.87. The molecule has 0 bridgehead atoms. The van der Waals surface area contributed by atoms with Crippen LogP contribution in [0.2, 0.25) is 0 Å². The first kappa shape index (κ1) is 10.6. The summed E-state index contributed by atoms with van der Waals surface area (Å²) in [5.74, 6) is -0.902. The van der Waals surface area contributed by atoms with Gasteiger partial charge in [0.05, 0.1) is 5.52 Å². The molecule has 0 saturated carbocycles. The van der Waals surface area contributed by atoms with Crippen LogP contribution in [0, 0.1) is 0 Å². The van der Waals surface area contributed by atoms with E-state index in [1.807, 2.05) is 24.3 Å². The van der Waals surface area contributed by atoms with E-state index in [0.717, 1.165) is 10.9 Å². The minimum Gasteiger partial charge on any atom is -0.480 e. The second kappa shape index (κ2) is 4.28. The summed E-state index contributed by atoms with van der Waals surface area (Å²) in [5, 5.41) is 12.8. The number of benzene rings is 1. The van der Waals surface area contributed by atoms with Gasteiger partial charge < -0.3 is 10.4 Å². The normalized spacial score (nSPS) is 12.6. The fourth-order valence-electron chi connectivity index (χ4n) is 1.77. The summed E-state index contributed by atoms with van der Waals surface area (Å²) in [5.41, 5.74) is 1.42. The predicted molar refractivity (Wildman–Crippen MR) is 61.2 cm³/mol. The Morgan fingerprint density at radius 3 is 2.81 bits per heavy atom. The Morgan fingerprint density at radius 1 is 1.38 bits per heavy atom. The molecule has 0 spiro atoms. The molecule has 2 N–H and O–H groups in total. The van der Waals surface area contributed by atoms with Crippen molar-refractivity contribution < 1.29 is 9.90 Å². The van der Waals surface area contributed by atoms with Crippen molar-refractivity contribution in [2.24, 2.45) is 0 Å². The molecular weight excluding hydrogens is 204 g/mol. The molecule has 1 atom stereocenters. The first-order valence-corrected chi connectivity index (χ1v) is 4.97. The zero-order chi connectivity index (χ0) is 11.5. The molecule has 0 aliphatic rings. The maximum absolute atomic E-state index is 11.1. The van der Waals surface area contributed by atoms with E-state index >= 15 is 0 Å². The fourth-order valence-corrected chi connectivity index (χ4v) is 1.77. The summed E-state index contributed by atoms with van der Waals surface area (Å²) >= 11 is 0. The van der Waals surface area contributed by atoms with Crippen LogP contribution < -0.4 is 5.32 Å². The lowest BCUT2D eigenvalue weighted by Gasteiger charge is -2.13. The SMILES string of the molecule is CNC(C(=O)O)c1cccc2cccnc12. The third kappa shape index (κ3) is 1.75. The highest BCUT2D eigenvalue weighted by atomic mass is 16.4. The van der Waals surface area contributed by atoms with Crippen LogP contribution in [0.1, 0.15) is 11.6 Å². The number of aliphatic carboxylic acids is 1. The monoisotopic (exact) mass is 216 g/mol. The molecule has 1 unspecified atom stereocenters. The van der Waals surface area contributed by atoms with Gasteiger partial charge in [0.2, 0.25) is 0 Å². The third-order valence-electron chi connectivity index (χ3n) is 2.51. The Balaban J connectivity index is 2.63. The topological polar surface area (TPSA) is 62.2 Å². The summed E-state index contributed by atoms with van der Waals surface area (Å²) in [6, 6.07) is 8.57.